The third-order valence-electron chi connectivity index (χ3n) is 4.47. The molecule has 0 N–H and O–H groups in total. The van der Waals surface area contributed by atoms with Crippen LogP contribution in [0.15, 0.2) is 83.6 Å². The Hall–Kier alpha value is -4.39. The van der Waals surface area contributed by atoms with Crippen LogP contribution in [0.3, 0.4) is 0 Å². The molecule has 0 aliphatic rings. The largest absolute Gasteiger partial charge is 0.300 e. The number of sulfone groups is 1. The maximum absolute atomic E-state index is 13.1. The molecule has 2 heterocycles. The fraction of sp³-hybridized carbons (Fsp3) is 0. The van der Waals surface area contributed by atoms with E-state index in [1.54, 1.807) is 0 Å². The lowest BCUT2D eigenvalue weighted by Gasteiger charge is -2.09. The van der Waals surface area contributed by atoms with Crippen LogP contribution in [-0.2, 0) is 9.84 Å². The van der Waals surface area contributed by atoms with Crippen molar-refractivity contribution in [2.24, 2.45) is 0 Å². The Morgan fingerprint density at radius 2 is 1.16 bits per heavy atom. The first-order valence-corrected chi connectivity index (χ1v) is 10.1. The predicted molar refractivity (Wildman–Crippen MR) is 106 cm³/mol. The molecule has 0 atom stereocenters. The highest BCUT2D eigenvalue weighted by Crippen LogP contribution is 2.32. The SMILES string of the molecule is O=[N+]([O-])c1cc(S(=O)(=O)c2ccc(-n3ccnc3)c([N+](=O)[O-])c2)ccc1-n1ccnc1. The molecule has 0 fully saturated rings. The zero-order chi connectivity index (χ0) is 22.2. The third kappa shape index (κ3) is 3.53. The van der Waals surface area contributed by atoms with Crippen LogP contribution >= 0.6 is 0 Å². The number of aromatic nitrogens is 4. The van der Waals surface area contributed by atoms with Gasteiger partial charge in [-0.3, -0.25) is 20.2 Å². The van der Waals surface area contributed by atoms with Crippen LogP contribution in [-0.4, -0.2) is 37.4 Å². The van der Waals surface area contributed by atoms with Crippen LogP contribution in [0.25, 0.3) is 11.4 Å². The maximum Gasteiger partial charge on any atom is 0.294 e. The Labute approximate surface area is 174 Å². The van der Waals surface area contributed by atoms with Crippen LogP contribution < -0.4 is 0 Å². The standard InChI is InChI=1S/C18H12N6O6S/c25-23(26)17-9-13(1-3-15(17)21-7-5-19-11-21)31(29,30)14-2-4-16(18(10-14)24(27)28)22-8-6-20-12-22/h1-12H. The van der Waals surface area contributed by atoms with Gasteiger partial charge in [0.15, 0.2) is 0 Å². The van der Waals surface area contributed by atoms with Gasteiger partial charge in [0.2, 0.25) is 9.84 Å². The molecule has 0 bridgehead atoms. The Morgan fingerprint density at radius 3 is 1.48 bits per heavy atom. The van der Waals surface area contributed by atoms with Crippen molar-refractivity contribution in [2.75, 3.05) is 0 Å². The Morgan fingerprint density at radius 1 is 0.742 bits per heavy atom. The summed E-state index contributed by atoms with van der Waals surface area (Å²) in [6.07, 6.45) is 8.50. The fourth-order valence-electron chi connectivity index (χ4n) is 3.01. The van der Waals surface area contributed by atoms with Gasteiger partial charge in [-0.15, -0.1) is 0 Å². The zero-order valence-electron chi connectivity index (χ0n) is 15.5. The molecule has 0 spiro atoms. The summed E-state index contributed by atoms with van der Waals surface area (Å²) in [5, 5.41) is 23.1. The smallest absolute Gasteiger partial charge is 0.294 e. The molecule has 12 nitrogen and oxygen atoms in total. The van der Waals surface area contributed by atoms with Crippen molar-refractivity contribution in [3.63, 3.8) is 0 Å². The second kappa shape index (κ2) is 7.46. The highest BCUT2D eigenvalue weighted by molar-refractivity contribution is 7.91. The van der Waals surface area contributed by atoms with Crippen LogP contribution in [0.4, 0.5) is 11.4 Å². The first-order valence-electron chi connectivity index (χ1n) is 8.57. The summed E-state index contributed by atoms with van der Waals surface area (Å²) >= 11 is 0. The van der Waals surface area contributed by atoms with E-state index >= 15 is 0 Å². The minimum absolute atomic E-state index is 0.128. The number of nitro groups is 2. The number of imidazole rings is 2. The number of nitro benzene ring substituents is 2. The first kappa shape index (κ1) is 19.9. The third-order valence-corrected chi connectivity index (χ3v) is 6.22. The highest BCUT2D eigenvalue weighted by atomic mass is 32.2. The quantitative estimate of drug-likeness (QED) is 0.327. The van der Waals surface area contributed by atoms with E-state index in [2.05, 4.69) is 9.97 Å². The highest BCUT2D eigenvalue weighted by Gasteiger charge is 2.27. The molecular weight excluding hydrogens is 428 g/mol. The molecule has 156 valence electrons. The van der Waals surface area contributed by atoms with Gasteiger partial charge in [0.1, 0.15) is 11.4 Å². The molecular formula is C18H12N6O6S. The number of rotatable bonds is 6. The van der Waals surface area contributed by atoms with Gasteiger partial charge in [-0.2, -0.15) is 0 Å². The van der Waals surface area contributed by atoms with Crippen LogP contribution in [0.5, 0.6) is 0 Å². The van der Waals surface area contributed by atoms with E-state index in [9.17, 15) is 28.6 Å². The average Bonchev–Trinajstić information content (AvgIpc) is 3.47. The Balaban J connectivity index is 1.84. The first-order chi connectivity index (χ1) is 14.8. The second-order valence-electron chi connectivity index (χ2n) is 6.26. The van der Waals surface area contributed by atoms with E-state index in [1.807, 2.05) is 0 Å². The van der Waals surface area contributed by atoms with Crippen molar-refractivity contribution in [2.45, 2.75) is 9.79 Å². The van der Waals surface area contributed by atoms with Crippen molar-refractivity contribution in [1.82, 2.24) is 19.1 Å². The van der Waals surface area contributed by atoms with E-state index in [-0.39, 0.29) is 21.2 Å². The van der Waals surface area contributed by atoms with E-state index in [0.717, 1.165) is 12.1 Å². The lowest BCUT2D eigenvalue weighted by atomic mass is 10.2. The van der Waals surface area contributed by atoms with Gasteiger partial charge in [0.25, 0.3) is 11.4 Å². The number of hydrogen-bond acceptors (Lipinski definition) is 8. The monoisotopic (exact) mass is 440 g/mol. The summed E-state index contributed by atoms with van der Waals surface area (Å²) in [7, 11) is -4.28. The van der Waals surface area contributed by atoms with Crippen LogP contribution in [0.2, 0.25) is 0 Å². The lowest BCUT2D eigenvalue weighted by molar-refractivity contribution is -0.384. The van der Waals surface area contributed by atoms with Crippen molar-refractivity contribution >= 4 is 21.2 Å². The topological polar surface area (TPSA) is 156 Å². The van der Waals surface area contributed by atoms with Gasteiger partial charge in [-0.05, 0) is 24.3 Å². The molecule has 4 rings (SSSR count). The van der Waals surface area contributed by atoms with Gasteiger partial charge in [0, 0.05) is 36.9 Å². The maximum atomic E-state index is 13.1. The lowest BCUT2D eigenvalue weighted by Crippen LogP contribution is -2.07. The predicted octanol–water partition coefficient (Wildman–Crippen LogP) is 2.71. The Kier molecular flexibility index (Phi) is 4.79. The summed E-state index contributed by atoms with van der Waals surface area (Å²) in [6.45, 7) is 0. The van der Waals surface area contributed by atoms with E-state index in [1.165, 1.54) is 70.8 Å². The molecule has 0 aliphatic heterocycles. The van der Waals surface area contributed by atoms with Gasteiger partial charge in [-0.1, -0.05) is 0 Å². The summed E-state index contributed by atoms with van der Waals surface area (Å²) in [4.78, 5) is 28.6. The van der Waals surface area contributed by atoms with Gasteiger partial charge < -0.3 is 9.13 Å². The van der Waals surface area contributed by atoms with Crippen molar-refractivity contribution in [3.8, 4) is 11.4 Å². The van der Waals surface area contributed by atoms with Crippen molar-refractivity contribution in [1.29, 1.82) is 0 Å². The number of benzene rings is 2. The summed E-state index contributed by atoms with van der Waals surface area (Å²) in [6, 6.07) is 6.79. The molecule has 4 aromatic rings. The van der Waals surface area contributed by atoms with E-state index in [0.29, 0.717) is 0 Å². The van der Waals surface area contributed by atoms with Crippen LogP contribution in [0.1, 0.15) is 0 Å². The number of hydrogen-bond donors (Lipinski definition) is 0. The fourth-order valence-corrected chi connectivity index (χ4v) is 4.31. The van der Waals surface area contributed by atoms with Gasteiger partial charge in [0.05, 0.1) is 32.3 Å². The molecule has 0 radical (unpaired) electrons. The molecule has 0 amide bonds. The molecule has 2 aromatic carbocycles. The minimum Gasteiger partial charge on any atom is -0.300 e. The van der Waals surface area contributed by atoms with E-state index in [4.69, 9.17) is 0 Å². The van der Waals surface area contributed by atoms with Gasteiger partial charge in [-0.25, -0.2) is 18.4 Å². The minimum atomic E-state index is -4.28. The van der Waals surface area contributed by atoms with Crippen molar-refractivity contribution < 1.29 is 18.3 Å². The summed E-state index contributed by atoms with van der Waals surface area (Å²) in [5.41, 5.74) is -0.655. The molecule has 2 aromatic heterocycles. The normalized spacial score (nSPS) is 11.4. The molecule has 0 unspecified atom stereocenters. The number of nitrogens with zero attached hydrogens (tertiary/aromatic N) is 6. The average molecular weight is 440 g/mol. The second-order valence-corrected chi connectivity index (χ2v) is 8.21. The molecule has 0 saturated heterocycles. The zero-order valence-corrected chi connectivity index (χ0v) is 16.3. The molecule has 0 aliphatic carbocycles. The summed E-state index contributed by atoms with van der Waals surface area (Å²) in [5.74, 6) is 0. The van der Waals surface area contributed by atoms with Crippen LogP contribution in [0, 0.1) is 20.2 Å². The molecule has 31 heavy (non-hydrogen) atoms. The van der Waals surface area contributed by atoms with E-state index < -0.39 is 31.1 Å². The van der Waals surface area contributed by atoms with Gasteiger partial charge >= 0.3 is 0 Å². The molecule has 13 heteroatoms. The Bertz CT molecular complexity index is 1300. The summed E-state index contributed by atoms with van der Waals surface area (Å²) < 4.78 is 28.9. The molecule has 0 saturated carbocycles. The van der Waals surface area contributed by atoms with Crippen molar-refractivity contribution in [3.05, 3.63) is 94.1 Å².